The molecule has 0 aliphatic carbocycles. The third-order valence-corrected chi connectivity index (χ3v) is 3.87. The van der Waals surface area contributed by atoms with E-state index in [2.05, 4.69) is 10.4 Å². The van der Waals surface area contributed by atoms with E-state index >= 15 is 0 Å². The van der Waals surface area contributed by atoms with E-state index in [-0.39, 0.29) is 21.8 Å². The van der Waals surface area contributed by atoms with E-state index in [1.54, 1.807) is 0 Å². The summed E-state index contributed by atoms with van der Waals surface area (Å²) in [4.78, 5) is 23.7. The van der Waals surface area contributed by atoms with Gasteiger partial charge in [-0.15, -0.1) is 5.10 Å². The standard InChI is InChI=1S/C15H13ClF3N5O3/c1-21-12(26)9(6-20)11(25)8-4-3-7(5-10(8)16)24-14(27)23(2)13(22-24)15(17,18)19/h3-6,20,25H,1-2H3,(H,21,26). The zero-order chi connectivity index (χ0) is 20.5. The SMILES string of the molecule is CNC(=O)C(C=N)=C(O)c1ccc(-n2nc(C(F)(F)F)n(C)c2=O)cc1Cl. The maximum Gasteiger partial charge on any atom is 0.451 e. The summed E-state index contributed by atoms with van der Waals surface area (Å²) in [6.45, 7) is 0. The molecule has 1 aromatic carbocycles. The molecule has 0 spiro atoms. The van der Waals surface area contributed by atoms with Crippen LogP contribution in [0.1, 0.15) is 11.4 Å². The first kappa shape index (κ1) is 20.2. The van der Waals surface area contributed by atoms with Gasteiger partial charge < -0.3 is 15.8 Å². The van der Waals surface area contributed by atoms with Crippen LogP contribution in [0.2, 0.25) is 5.02 Å². The Morgan fingerprint density at radius 1 is 1.41 bits per heavy atom. The molecule has 0 atom stereocenters. The van der Waals surface area contributed by atoms with E-state index in [4.69, 9.17) is 17.0 Å². The number of hydrogen-bond acceptors (Lipinski definition) is 5. The lowest BCUT2D eigenvalue weighted by Crippen LogP contribution is -2.23. The van der Waals surface area contributed by atoms with Crippen LogP contribution in [0, 0.1) is 5.41 Å². The number of amides is 1. The van der Waals surface area contributed by atoms with Crippen molar-refractivity contribution in [1.29, 1.82) is 5.41 Å². The van der Waals surface area contributed by atoms with Crippen molar-refractivity contribution < 1.29 is 23.1 Å². The molecule has 12 heteroatoms. The van der Waals surface area contributed by atoms with Crippen molar-refractivity contribution >= 4 is 29.5 Å². The summed E-state index contributed by atoms with van der Waals surface area (Å²) in [5.74, 6) is -2.73. The number of carbonyl (C=O) groups excluding carboxylic acids is 1. The first-order valence-electron chi connectivity index (χ1n) is 7.22. The number of alkyl halides is 3. The summed E-state index contributed by atoms with van der Waals surface area (Å²) in [5, 5.41) is 22.7. The van der Waals surface area contributed by atoms with E-state index in [0.29, 0.717) is 15.5 Å². The van der Waals surface area contributed by atoms with Crippen molar-refractivity contribution in [2.24, 2.45) is 7.05 Å². The highest BCUT2D eigenvalue weighted by molar-refractivity contribution is 6.33. The molecule has 0 fully saturated rings. The smallest absolute Gasteiger partial charge is 0.451 e. The monoisotopic (exact) mass is 403 g/mol. The topological polar surface area (TPSA) is 113 Å². The summed E-state index contributed by atoms with van der Waals surface area (Å²) in [5.41, 5.74) is -1.55. The number of rotatable bonds is 4. The molecule has 1 heterocycles. The zero-order valence-electron chi connectivity index (χ0n) is 13.9. The fourth-order valence-corrected chi connectivity index (χ4v) is 2.47. The molecular formula is C15H13ClF3N5O3. The summed E-state index contributed by atoms with van der Waals surface area (Å²) in [6, 6.07) is 3.48. The lowest BCUT2D eigenvalue weighted by Gasteiger charge is -2.09. The molecule has 0 saturated carbocycles. The van der Waals surface area contributed by atoms with E-state index in [0.717, 1.165) is 13.1 Å². The Kier molecular flexibility index (Phi) is 5.45. The fourth-order valence-electron chi connectivity index (χ4n) is 2.20. The van der Waals surface area contributed by atoms with E-state index < -0.39 is 29.4 Å². The minimum Gasteiger partial charge on any atom is -0.506 e. The molecule has 0 bridgehead atoms. The molecule has 0 aliphatic rings. The van der Waals surface area contributed by atoms with Crippen molar-refractivity contribution in [2.75, 3.05) is 7.05 Å². The second-order valence-corrected chi connectivity index (χ2v) is 5.63. The number of likely N-dealkylation sites (N-methyl/N-ethyl adjacent to an activating group) is 1. The van der Waals surface area contributed by atoms with Gasteiger partial charge in [0.2, 0.25) is 5.82 Å². The summed E-state index contributed by atoms with van der Waals surface area (Å²) < 4.78 is 39.5. The highest BCUT2D eigenvalue weighted by Crippen LogP contribution is 2.28. The van der Waals surface area contributed by atoms with Crippen LogP contribution in [0.4, 0.5) is 13.2 Å². The number of carbonyl (C=O) groups is 1. The van der Waals surface area contributed by atoms with Crippen molar-refractivity contribution in [3.8, 4) is 5.69 Å². The summed E-state index contributed by atoms with van der Waals surface area (Å²) in [6.07, 6.45) is -4.20. The van der Waals surface area contributed by atoms with Crippen LogP contribution in [0.3, 0.4) is 0 Å². The van der Waals surface area contributed by atoms with Gasteiger partial charge in [0.05, 0.1) is 16.3 Å². The van der Waals surface area contributed by atoms with Crippen LogP contribution >= 0.6 is 11.6 Å². The van der Waals surface area contributed by atoms with Gasteiger partial charge in [-0.25, -0.2) is 4.79 Å². The van der Waals surface area contributed by atoms with Gasteiger partial charge in [-0.05, 0) is 18.2 Å². The molecule has 1 amide bonds. The van der Waals surface area contributed by atoms with Crippen molar-refractivity contribution in [2.45, 2.75) is 6.18 Å². The minimum absolute atomic E-state index is 0.0532. The molecule has 2 aromatic rings. The average molecular weight is 404 g/mol. The predicted molar refractivity (Wildman–Crippen MR) is 91.2 cm³/mol. The molecule has 0 saturated heterocycles. The molecular weight excluding hydrogens is 391 g/mol. The molecule has 2 rings (SSSR count). The van der Waals surface area contributed by atoms with Crippen LogP contribution in [0.15, 0.2) is 28.6 Å². The molecule has 1 aromatic heterocycles. The number of aromatic nitrogens is 3. The maximum atomic E-state index is 12.9. The van der Waals surface area contributed by atoms with Gasteiger partial charge in [0.1, 0.15) is 5.76 Å². The Bertz CT molecular complexity index is 1010. The van der Waals surface area contributed by atoms with E-state index in [9.17, 15) is 27.9 Å². The Morgan fingerprint density at radius 2 is 2.04 bits per heavy atom. The van der Waals surface area contributed by atoms with E-state index in [1.165, 1.54) is 19.2 Å². The maximum absolute atomic E-state index is 12.9. The number of nitrogens with zero attached hydrogens (tertiary/aromatic N) is 3. The Balaban J connectivity index is 2.59. The third kappa shape index (κ3) is 3.72. The van der Waals surface area contributed by atoms with Crippen molar-refractivity contribution in [1.82, 2.24) is 19.7 Å². The van der Waals surface area contributed by atoms with Gasteiger partial charge in [-0.3, -0.25) is 9.36 Å². The second-order valence-electron chi connectivity index (χ2n) is 5.22. The molecule has 0 unspecified atom stereocenters. The summed E-state index contributed by atoms with van der Waals surface area (Å²) in [7, 11) is 2.23. The van der Waals surface area contributed by atoms with Crippen LogP contribution in [-0.4, -0.2) is 38.6 Å². The Labute approximate surface area is 155 Å². The van der Waals surface area contributed by atoms with Gasteiger partial charge in [0, 0.05) is 25.9 Å². The number of benzene rings is 1. The van der Waals surface area contributed by atoms with Gasteiger partial charge >= 0.3 is 11.9 Å². The highest BCUT2D eigenvalue weighted by atomic mass is 35.5. The quantitative estimate of drug-likeness (QED) is 0.411. The minimum atomic E-state index is -4.82. The Morgan fingerprint density at radius 3 is 2.48 bits per heavy atom. The third-order valence-electron chi connectivity index (χ3n) is 3.56. The van der Waals surface area contributed by atoms with Crippen LogP contribution in [0.25, 0.3) is 11.4 Å². The van der Waals surface area contributed by atoms with Crippen LogP contribution in [-0.2, 0) is 18.0 Å². The summed E-state index contributed by atoms with van der Waals surface area (Å²) >= 11 is 6.04. The average Bonchev–Trinajstić information content (AvgIpc) is 2.90. The predicted octanol–water partition coefficient (Wildman–Crippen LogP) is 1.91. The molecule has 27 heavy (non-hydrogen) atoms. The van der Waals surface area contributed by atoms with Gasteiger partial charge in [-0.2, -0.15) is 17.9 Å². The molecule has 8 nitrogen and oxygen atoms in total. The number of nitrogens with one attached hydrogen (secondary N) is 2. The van der Waals surface area contributed by atoms with E-state index in [1.807, 2.05) is 0 Å². The molecule has 144 valence electrons. The van der Waals surface area contributed by atoms with Gasteiger partial charge in [0.15, 0.2) is 0 Å². The number of aliphatic hydroxyl groups is 1. The second kappa shape index (κ2) is 7.27. The van der Waals surface area contributed by atoms with Crippen molar-refractivity contribution in [3.63, 3.8) is 0 Å². The largest absolute Gasteiger partial charge is 0.506 e. The molecule has 0 radical (unpaired) electrons. The van der Waals surface area contributed by atoms with Crippen molar-refractivity contribution in [3.05, 3.63) is 50.7 Å². The van der Waals surface area contributed by atoms with Gasteiger partial charge in [0.25, 0.3) is 5.91 Å². The highest BCUT2D eigenvalue weighted by Gasteiger charge is 2.38. The lowest BCUT2D eigenvalue weighted by atomic mass is 10.1. The molecule has 3 N–H and O–H groups in total. The number of halogens is 4. The fraction of sp³-hybridized carbons (Fsp3) is 0.200. The van der Waals surface area contributed by atoms with Crippen LogP contribution in [0.5, 0.6) is 0 Å². The van der Waals surface area contributed by atoms with Gasteiger partial charge in [-0.1, -0.05) is 11.6 Å². The Hall–Kier alpha value is -3.08. The van der Waals surface area contributed by atoms with Crippen LogP contribution < -0.4 is 11.0 Å². The first-order valence-corrected chi connectivity index (χ1v) is 7.60. The normalized spacial score (nSPS) is 12.5. The zero-order valence-corrected chi connectivity index (χ0v) is 14.7. The number of hydrogen-bond donors (Lipinski definition) is 3. The lowest BCUT2D eigenvalue weighted by molar-refractivity contribution is -0.147. The first-order chi connectivity index (χ1) is 12.5. The molecule has 0 aliphatic heterocycles. The number of aliphatic hydroxyl groups excluding tert-OH is 1.